The first-order valence-corrected chi connectivity index (χ1v) is 9.55. The molecule has 4 nitrogen and oxygen atoms in total. The van der Waals surface area contributed by atoms with Gasteiger partial charge in [0.05, 0.1) is 5.56 Å². The number of carbonyl (C=O) groups excluding carboxylic acids is 1. The SMILES string of the molecule is CCCCCCc1cnc(-c2ccc(OC(=O)c3cccc(F)c3)cc2)nc1. The van der Waals surface area contributed by atoms with Crippen molar-refractivity contribution in [3.8, 4) is 17.1 Å². The average molecular weight is 378 g/mol. The van der Waals surface area contributed by atoms with Gasteiger partial charge in [0.1, 0.15) is 11.6 Å². The Morgan fingerprint density at radius 1 is 1.00 bits per heavy atom. The Labute approximate surface area is 164 Å². The molecule has 0 unspecified atom stereocenters. The van der Waals surface area contributed by atoms with Crippen LogP contribution in [0.4, 0.5) is 4.39 Å². The van der Waals surface area contributed by atoms with Crippen LogP contribution < -0.4 is 4.74 Å². The second-order valence-corrected chi connectivity index (χ2v) is 6.65. The predicted octanol–water partition coefficient (Wildman–Crippen LogP) is 5.62. The van der Waals surface area contributed by atoms with Gasteiger partial charge in [-0.2, -0.15) is 0 Å². The van der Waals surface area contributed by atoms with Crippen molar-refractivity contribution in [2.45, 2.75) is 39.0 Å². The van der Waals surface area contributed by atoms with Crippen LogP contribution in [0.2, 0.25) is 0 Å². The van der Waals surface area contributed by atoms with E-state index in [0.29, 0.717) is 11.6 Å². The molecule has 5 heteroatoms. The Kier molecular flexibility index (Phi) is 6.84. The lowest BCUT2D eigenvalue weighted by atomic mass is 10.1. The number of unbranched alkanes of at least 4 members (excludes halogenated alkanes) is 3. The maximum absolute atomic E-state index is 13.2. The molecule has 28 heavy (non-hydrogen) atoms. The van der Waals surface area contributed by atoms with E-state index in [0.717, 1.165) is 30.0 Å². The molecule has 144 valence electrons. The summed E-state index contributed by atoms with van der Waals surface area (Å²) >= 11 is 0. The predicted molar refractivity (Wildman–Crippen MR) is 107 cm³/mol. The third-order valence-corrected chi connectivity index (χ3v) is 4.41. The van der Waals surface area contributed by atoms with Crippen LogP contribution >= 0.6 is 0 Å². The lowest BCUT2D eigenvalue weighted by Gasteiger charge is -2.06. The lowest BCUT2D eigenvalue weighted by Crippen LogP contribution is -2.08. The number of aryl methyl sites for hydroxylation is 1. The highest BCUT2D eigenvalue weighted by molar-refractivity contribution is 5.91. The zero-order valence-corrected chi connectivity index (χ0v) is 15.9. The van der Waals surface area contributed by atoms with E-state index in [-0.39, 0.29) is 5.56 Å². The summed E-state index contributed by atoms with van der Waals surface area (Å²) in [5, 5.41) is 0. The largest absolute Gasteiger partial charge is 0.423 e. The molecule has 0 aliphatic heterocycles. The molecule has 2 aromatic carbocycles. The van der Waals surface area contributed by atoms with Crippen molar-refractivity contribution in [2.75, 3.05) is 0 Å². The number of aromatic nitrogens is 2. The fourth-order valence-electron chi connectivity index (χ4n) is 2.84. The van der Waals surface area contributed by atoms with Crippen LogP contribution in [0.3, 0.4) is 0 Å². The molecular formula is C23H23FN2O2. The first-order valence-electron chi connectivity index (χ1n) is 9.55. The zero-order chi connectivity index (χ0) is 19.8. The van der Waals surface area contributed by atoms with Crippen molar-refractivity contribution in [1.82, 2.24) is 9.97 Å². The number of nitrogens with zero attached hydrogens (tertiary/aromatic N) is 2. The highest BCUT2D eigenvalue weighted by Gasteiger charge is 2.10. The van der Waals surface area contributed by atoms with Gasteiger partial charge in [-0.15, -0.1) is 0 Å². The molecule has 0 radical (unpaired) electrons. The number of hydrogen-bond acceptors (Lipinski definition) is 4. The molecule has 3 aromatic rings. The maximum Gasteiger partial charge on any atom is 0.343 e. The van der Waals surface area contributed by atoms with E-state index in [4.69, 9.17) is 4.74 Å². The number of halogens is 1. The Balaban J connectivity index is 1.60. The van der Waals surface area contributed by atoms with Crippen molar-refractivity contribution in [2.24, 2.45) is 0 Å². The number of carbonyl (C=O) groups is 1. The van der Waals surface area contributed by atoms with Crippen LogP contribution in [0.1, 0.15) is 48.5 Å². The summed E-state index contributed by atoms with van der Waals surface area (Å²) in [5.41, 5.74) is 2.14. The maximum atomic E-state index is 13.2. The molecule has 0 N–H and O–H groups in total. The van der Waals surface area contributed by atoms with E-state index >= 15 is 0 Å². The Hall–Kier alpha value is -3.08. The molecule has 0 fully saturated rings. The van der Waals surface area contributed by atoms with Gasteiger partial charge in [-0.05, 0) is 60.9 Å². The van der Waals surface area contributed by atoms with Crippen LogP contribution in [-0.2, 0) is 6.42 Å². The minimum Gasteiger partial charge on any atom is -0.423 e. The molecule has 1 aromatic heterocycles. The minimum atomic E-state index is -0.601. The van der Waals surface area contributed by atoms with Crippen molar-refractivity contribution < 1.29 is 13.9 Å². The smallest absolute Gasteiger partial charge is 0.343 e. The molecule has 0 atom stereocenters. The van der Waals surface area contributed by atoms with E-state index in [2.05, 4.69) is 16.9 Å². The number of hydrogen-bond donors (Lipinski definition) is 0. The van der Waals surface area contributed by atoms with Gasteiger partial charge in [0.2, 0.25) is 0 Å². The van der Waals surface area contributed by atoms with E-state index in [1.165, 1.54) is 37.5 Å². The van der Waals surface area contributed by atoms with E-state index in [1.807, 2.05) is 12.4 Å². The van der Waals surface area contributed by atoms with Gasteiger partial charge >= 0.3 is 5.97 Å². The molecule has 0 saturated heterocycles. The topological polar surface area (TPSA) is 52.1 Å². The average Bonchev–Trinajstić information content (AvgIpc) is 2.72. The summed E-state index contributed by atoms with van der Waals surface area (Å²) in [6.07, 6.45) is 9.60. The summed E-state index contributed by atoms with van der Waals surface area (Å²) in [7, 11) is 0. The van der Waals surface area contributed by atoms with E-state index < -0.39 is 11.8 Å². The molecule has 1 heterocycles. The lowest BCUT2D eigenvalue weighted by molar-refractivity contribution is 0.0734. The molecule has 0 saturated carbocycles. The van der Waals surface area contributed by atoms with Gasteiger partial charge in [-0.3, -0.25) is 0 Å². The van der Waals surface area contributed by atoms with Crippen molar-refractivity contribution in [3.63, 3.8) is 0 Å². The first-order chi connectivity index (χ1) is 13.7. The minimum absolute atomic E-state index is 0.168. The molecule has 0 spiro atoms. The Morgan fingerprint density at radius 3 is 2.43 bits per heavy atom. The van der Waals surface area contributed by atoms with Crippen LogP contribution in [-0.4, -0.2) is 15.9 Å². The van der Waals surface area contributed by atoms with Gasteiger partial charge < -0.3 is 4.74 Å². The summed E-state index contributed by atoms with van der Waals surface area (Å²) in [6, 6.07) is 12.4. The molecule has 0 aliphatic carbocycles. The van der Waals surface area contributed by atoms with E-state index in [9.17, 15) is 9.18 Å². The van der Waals surface area contributed by atoms with Gasteiger partial charge in [-0.1, -0.05) is 32.3 Å². The van der Waals surface area contributed by atoms with Crippen molar-refractivity contribution >= 4 is 5.97 Å². The normalized spacial score (nSPS) is 10.6. The fraction of sp³-hybridized carbons (Fsp3) is 0.261. The molecule has 0 amide bonds. The number of benzene rings is 2. The third kappa shape index (κ3) is 5.46. The zero-order valence-electron chi connectivity index (χ0n) is 15.9. The molecule has 0 aliphatic rings. The van der Waals surface area contributed by atoms with Gasteiger partial charge in [-0.25, -0.2) is 19.2 Å². The Morgan fingerprint density at radius 2 is 1.75 bits per heavy atom. The van der Waals surface area contributed by atoms with Crippen LogP contribution in [0.25, 0.3) is 11.4 Å². The molecule has 0 bridgehead atoms. The fourth-order valence-corrected chi connectivity index (χ4v) is 2.84. The van der Waals surface area contributed by atoms with Crippen LogP contribution in [0.15, 0.2) is 60.9 Å². The Bertz CT molecular complexity index is 909. The van der Waals surface area contributed by atoms with Crippen molar-refractivity contribution in [3.05, 3.63) is 77.9 Å². The second kappa shape index (κ2) is 9.74. The van der Waals surface area contributed by atoms with Gasteiger partial charge in [0.15, 0.2) is 5.82 Å². The summed E-state index contributed by atoms with van der Waals surface area (Å²) in [5.74, 6) is -0.0717. The standard InChI is InChI=1S/C23H23FN2O2/c1-2-3-4-5-7-17-15-25-22(26-16-17)18-10-12-21(13-11-18)28-23(27)19-8-6-9-20(24)14-19/h6,8-16H,2-5,7H2,1H3. The molecule has 3 rings (SSSR count). The number of rotatable bonds is 8. The quantitative estimate of drug-likeness (QED) is 0.290. The number of esters is 1. The van der Waals surface area contributed by atoms with Crippen LogP contribution in [0.5, 0.6) is 5.75 Å². The van der Waals surface area contributed by atoms with Gasteiger partial charge in [0, 0.05) is 18.0 Å². The highest BCUT2D eigenvalue weighted by atomic mass is 19.1. The number of ether oxygens (including phenoxy) is 1. The van der Waals surface area contributed by atoms with Crippen molar-refractivity contribution in [1.29, 1.82) is 0 Å². The summed E-state index contributed by atoms with van der Waals surface area (Å²) in [4.78, 5) is 20.9. The highest BCUT2D eigenvalue weighted by Crippen LogP contribution is 2.20. The third-order valence-electron chi connectivity index (χ3n) is 4.41. The molecular weight excluding hydrogens is 355 g/mol. The van der Waals surface area contributed by atoms with E-state index in [1.54, 1.807) is 24.3 Å². The van der Waals surface area contributed by atoms with Crippen LogP contribution in [0, 0.1) is 5.82 Å². The summed E-state index contributed by atoms with van der Waals surface area (Å²) in [6.45, 7) is 2.20. The summed E-state index contributed by atoms with van der Waals surface area (Å²) < 4.78 is 18.5. The van der Waals surface area contributed by atoms with Gasteiger partial charge in [0.25, 0.3) is 0 Å². The first kappa shape index (κ1) is 19.7. The monoisotopic (exact) mass is 378 g/mol. The second-order valence-electron chi connectivity index (χ2n) is 6.65.